The first-order valence-corrected chi connectivity index (χ1v) is 6.81. The Bertz CT molecular complexity index is 613. The molecule has 1 heterocycles. The summed E-state index contributed by atoms with van der Waals surface area (Å²) in [7, 11) is 0. The average Bonchev–Trinajstić information content (AvgIpc) is 2.41. The molecule has 98 valence electrons. The molecule has 0 aliphatic carbocycles. The quantitative estimate of drug-likeness (QED) is 0.797. The van der Waals surface area contributed by atoms with E-state index in [1.54, 1.807) is 30.6 Å². The zero-order chi connectivity index (χ0) is 13.8. The van der Waals surface area contributed by atoms with Gasteiger partial charge in [-0.2, -0.15) is 0 Å². The van der Waals surface area contributed by atoms with Crippen molar-refractivity contribution in [2.45, 2.75) is 19.8 Å². The number of carbonyl (C=O) groups excluding carboxylic acids is 1. The van der Waals surface area contributed by atoms with Gasteiger partial charge < -0.3 is 0 Å². The van der Waals surface area contributed by atoms with E-state index in [2.05, 4.69) is 20.9 Å². The van der Waals surface area contributed by atoms with Crippen LogP contribution >= 0.6 is 15.9 Å². The summed E-state index contributed by atoms with van der Waals surface area (Å²) in [5, 5.41) is 0. The van der Waals surface area contributed by atoms with Crippen molar-refractivity contribution in [3.63, 3.8) is 0 Å². The van der Waals surface area contributed by atoms with Crippen LogP contribution in [-0.2, 0) is 12.8 Å². The summed E-state index contributed by atoms with van der Waals surface area (Å²) in [5.74, 6) is -0.449. The van der Waals surface area contributed by atoms with Crippen molar-refractivity contribution in [1.82, 2.24) is 4.98 Å². The number of nitrogens with zero attached hydrogens (tertiary/aromatic N) is 1. The maximum absolute atomic E-state index is 13.7. The lowest BCUT2D eigenvalue weighted by atomic mass is 9.99. The van der Waals surface area contributed by atoms with E-state index in [-0.39, 0.29) is 18.0 Å². The lowest BCUT2D eigenvalue weighted by molar-refractivity contribution is 0.0991. The minimum atomic E-state index is -0.366. The molecule has 0 spiro atoms. The third-order valence-electron chi connectivity index (χ3n) is 2.95. The number of hydrogen-bond donors (Lipinski definition) is 0. The summed E-state index contributed by atoms with van der Waals surface area (Å²) >= 11 is 3.20. The molecule has 2 nitrogen and oxygen atoms in total. The van der Waals surface area contributed by atoms with E-state index >= 15 is 0 Å². The number of hydrogen-bond acceptors (Lipinski definition) is 2. The van der Waals surface area contributed by atoms with Crippen LogP contribution in [0, 0.1) is 5.82 Å². The van der Waals surface area contributed by atoms with Gasteiger partial charge in [0.05, 0.1) is 0 Å². The molecule has 19 heavy (non-hydrogen) atoms. The van der Waals surface area contributed by atoms with Gasteiger partial charge in [0.1, 0.15) is 5.82 Å². The van der Waals surface area contributed by atoms with Crippen LogP contribution in [0.5, 0.6) is 0 Å². The van der Waals surface area contributed by atoms with Crippen molar-refractivity contribution in [1.29, 1.82) is 0 Å². The van der Waals surface area contributed by atoms with Gasteiger partial charge in [-0.05, 0) is 35.7 Å². The molecule has 0 unspecified atom stereocenters. The van der Waals surface area contributed by atoms with E-state index < -0.39 is 0 Å². The minimum Gasteiger partial charge on any atom is -0.294 e. The summed E-state index contributed by atoms with van der Waals surface area (Å²) in [5.41, 5.74) is 1.93. The molecule has 0 aliphatic heterocycles. The maximum Gasteiger partial charge on any atom is 0.167 e. The Hall–Kier alpha value is -1.55. The van der Waals surface area contributed by atoms with E-state index in [9.17, 15) is 9.18 Å². The molecule has 0 aliphatic rings. The number of Topliss-reactive ketones (excluding diaryl/α,β-unsaturated/α-hetero) is 1. The Morgan fingerprint density at radius 1 is 1.32 bits per heavy atom. The molecule has 0 amide bonds. The molecule has 1 aromatic heterocycles. The van der Waals surface area contributed by atoms with Crippen LogP contribution in [0.25, 0.3) is 0 Å². The van der Waals surface area contributed by atoms with Crippen LogP contribution in [0.15, 0.2) is 41.1 Å². The molecular weight excluding hydrogens is 309 g/mol. The number of aryl methyl sites for hydroxylation is 1. The summed E-state index contributed by atoms with van der Waals surface area (Å²) in [6.45, 7) is 1.97. The van der Waals surface area contributed by atoms with Gasteiger partial charge in [0.15, 0.2) is 5.78 Å². The van der Waals surface area contributed by atoms with Gasteiger partial charge in [0.2, 0.25) is 0 Å². The van der Waals surface area contributed by atoms with Crippen molar-refractivity contribution in [3.05, 3.63) is 63.6 Å². The van der Waals surface area contributed by atoms with Gasteiger partial charge >= 0.3 is 0 Å². The maximum atomic E-state index is 13.7. The monoisotopic (exact) mass is 321 g/mol. The van der Waals surface area contributed by atoms with Gasteiger partial charge in [0.25, 0.3) is 0 Å². The van der Waals surface area contributed by atoms with E-state index in [4.69, 9.17) is 0 Å². The second kappa shape index (κ2) is 6.06. The SMILES string of the molecule is CCc1cnccc1C(=O)Cc1ccc(Br)cc1F. The predicted molar refractivity (Wildman–Crippen MR) is 75.7 cm³/mol. The van der Waals surface area contributed by atoms with Crippen molar-refractivity contribution in [2.24, 2.45) is 0 Å². The first-order chi connectivity index (χ1) is 9.11. The second-order valence-electron chi connectivity index (χ2n) is 4.22. The summed E-state index contributed by atoms with van der Waals surface area (Å²) in [6.07, 6.45) is 4.07. The summed E-state index contributed by atoms with van der Waals surface area (Å²) in [6, 6.07) is 6.43. The lowest BCUT2D eigenvalue weighted by Crippen LogP contribution is -2.08. The zero-order valence-electron chi connectivity index (χ0n) is 10.5. The van der Waals surface area contributed by atoms with Crippen molar-refractivity contribution in [3.8, 4) is 0 Å². The van der Waals surface area contributed by atoms with Crippen LogP contribution in [-0.4, -0.2) is 10.8 Å². The summed E-state index contributed by atoms with van der Waals surface area (Å²) < 4.78 is 14.4. The molecule has 0 saturated heterocycles. The van der Waals surface area contributed by atoms with Crippen LogP contribution < -0.4 is 0 Å². The molecule has 0 N–H and O–H groups in total. The number of rotatable bonds is 4. The highest BCUT2D eigenvalue weighted by molar-refractivity contribution is 9.10. The fourth-order valence-electron chi connectivity index (χ4n) is 1.91. The molecule has 0 atom stereocenters. The Labute approximate surface area is 119 Å². The third-order valence-corrected chi connectivity index (χ3v) is 3.44. The standard InChI is InChI=1S/C15H13BrFNO/c1-2-10-9-18-6-5-13(10)15(19)7-11-3-4-12(16)8-14(11)17/h3-6,8-9H,2,7H2,1H3. The molecule has 1 aromatic carbocycles. The lowest BCUT2D eigenvalue weighted by Gasteiger charge is -2.07. The fourth-order valence-corrected chi connectivity index (χ4v) is 2.25. The molecule has 4 heteroatoms. The van der Waals surface area contributed by atoms with Gasteiger partial charge in [-0.1, -0.05) is 28.9 Å². The molecule has 2 rings (SSSR count). The van der Waals surface area contributed by atoms with E-state index in [1.165, 1.54) is 6.07 Å². The van der Waals surface area contributed by atoms with Crippen LogP contribution in [0.4, 0.5) is 4.39 Å². The highest BCUT2D eigenvalue weighted by atomic mass is 79.9. The van der Waals surface area contributed by atoms with Crippen LogP contribution in [0.2, 0.25) is 0 Å². The van der Waals surface area contributed by atoms with Gasteiger partial charge in [-0.15, -0.1) is 0 Å². The topological polar surface area (TPSA) is 30.0 Å². The molecule has 0 bridgehead atoms. The third kappa shape index (κ3) is 3.26. The number of halogens is 2. The first-order valence-electron chi connectivity index (χ1n) is 6.01. The Morgan fingerprint density at radius 2 is 2.11 bits per heavy atom. The largest absolute Gasteiger partial charge is 0.294 e. The summed E-state index contributed by atoms with van der Waals surface area (Å²) in [4.78, 5) is 16.2. The molecule has 2 aromatic rings. The number of carbonyl (C=O) groups is 1. The minimum absolute atomic E-state index is 0.0656. The first kappa shape index (κ1) is 13.9. The highest BCUT2D eigenvalue weighted by Crippen LogP contribution is 2.18. The average molecular weight is 322 g/mol. The van der Waals surface area contributed by atoms with Gasteiger partial charge in [0, 0.05) is 28.9 Å². The van der Waals surface area contributed by atoms with Crippen molar-refractivity contribution < 1.29 is 9.18 Å². The number of pyridine rings is 1. The van der Waals surface area contributed by atoms with Gasteiger partial charge in [-0.25, -0.2) is 4.39 Å². The zero-order valence-corrected chi connectivity index (χ0v) is 12.1. The number of aromatic nitrogens is 1. The van der Waals surface area contributed by atoms with Crippen LogP contribution in [0.3, 0.4) is 0 Å². The van der Waals surface area contributed by atoms with Crippen molar-refractivity contribution in [2.75, 3.05) is 0 Å². The fraction of sp³-hybridized carbons (Fsp3) is 0.200. The van der Waals surface area contributed by atoms with E-state index in [0.29, 0.717) is 15.6 Å². The molecule has 0 fully saturated rings. The van der Waals surface area contributed by atoms with Crippen molar-refractivity contribution >= 4 is 21.7 Å². The Balaban J connectivity index is 2.26. The highest BCUT2D eigenvalue weighted by Gasteiger charge is 2.13. The number of ketones is 1. The Kier molecular flexibility index (Phi) is 4.43. The molecule has 0 saturated carbocycles. The predicted octanol–water partition coefficient (Wildman–Crippen LogP) is 3.97. The normalized spacial score (nSPS) is 10.5. The van der Waals surface area contributed by atoms with Crippen LogP contribution in [0.1, 0.15) is 28.4 Å². The number of benzene rings is 1. The Morgan fingerprint density at radius 3 is 2.79 bits per heavy atom. The second-order valence-corrected chi connectivity index (χ2v) is 5.14. The molecule has 0 radical (unpaired) electrons. The smallest absolute Gasteiger partial charge is 0.167 e. The van der Waals surface area contributed by atoms with E-state index in [1.807, 2.05) is 6.92 Å². The van der Waals surface area contributed by atoms with Gasteiger partial charge in [-0.3, -0.25) is 9.78 Å². The molecular formula is C15H13BrFNO. The van der Waals surface area contributed by atoms with E-state index in [0.717, 1.165) is 12.0 Å².